The van der Waals surface area contributed by atoms with Crippen LogP contribution in [-0.2, 0) is 0 Å². The van der Waals surface area contributed by atoms with E-state index in [2.05, 4.69) is 20.2 Å². The number of carboxylic acid groups (broad SMARTS) is 1. The lowest BCUT2D eigenvalue weighted by molar-refractivity contribution is -0.384. The second-order valence-electron chi connectivity index (χ2n) is 5.70. The van der Waals surface area contributed by atoms with Crippen LogP contribution < -0.4 is 0 Å². The highest BCUT2D eigenvalue weighted by Gasteiger charge is 2.20. The Labute approximate surface area is 151 Å². The van der Waals surface area contributed by atoms with E-state index in [1.165, 1.54) is 30.3 Å². The SMILES string of the molecule is O=C(O)c1cc(-c2ccncc2)nc2n[nH]c(-c3ccc([N+](=O)[O-])cc3)c12. The number of nitrogens with one attached hydrogen (secondary N) is 1. The number of carboxylic acids is 1. The van der Waals surface area contributed by atoms with Crippen LogP contribution >= 0.6 is 0 Å². The average Bonchev–Trinajstić information content (AvgIpc) is 3.12. The number of nitro groups is 1. The summed E-state index contributed by atoms with van der Waals surface area (Å²) in [6, 6.07) is 10.7. The Bertz CT molecular complexity index is 1170. The number of hydrogen-bond donors (Lipinski definition) is 2. The summed E-state index contributed by atoms with van der Waals surface area (Å²) >= 11 is 0. The van der Waals surface area contributed by atoms with Gasteiger partial charge in [-0.05, 0) is 30.3 Å². The molecule has 2 N–H and O–H groups in total. The van der Waals surface area contributed by atoms with Crippen LogP contribution in [0, 0.1) is 10.1 Å². The van der Waals surface area contributed by atoms with Gasteiger partial charge >= 0.3 is 5.97 Å². The van der Waals surface area contributed by atoms with Crippen molar-refractivity contribution in [3.8, 4) is 22.5 Å². The minimum absolute atomic E-state index is 0.0360. The largest absolute Gasteiger partial charge is 0.478 e. The molecule has 0 unspecified atom stereocenters. The molecule has 0 aliphatic rings. The fourth-order valence-electron chi connectivity index (χ4n) is 2.82. The average molecular weight is 361 g/mol. The van der Waals surface area contributed by atoms with Gasteiger partial charge in [-0.25, -0.2) is 9.78 Å². The zero-order chi connectivity index (χ0) is 19.0. The molecule has 27 heavy (non-hydrogen) atoms. The van der Waals surface area contributed by atoms with Gasteiger partial charge in [-0.1, -0.05) is 0 Å². The number of nitro benzene ring substituents is 1. The lowest BCUT2D eigenvalue weighted by Gasteiger charge is -2.05. The first-order chi connectivity index (χ1) is 13.0. The van der Waals surface area contributed by atoms with E-state index < -0.39 is 10.9 Å². The van der Waals surface area contributed by atoms with Crippen molar-refractivity contribution in [2.24, 2.45) is 0 Å². The maximum Gasteiger partial charge on any atom is 0.336 e. The van der Waals surface area contributed by atoms with E-state index in [-0.39, 0.29) is 16.9 Å². The molecule has 0 aliphatic carbocycles. The molecule has 3 heterocycles. The summed E-state index contributed by atoms with van der Waals surface area (Å²) in [6.45, 7) is 0. The van der Waals surface area contributed by atoms with Crippen LogP contribution in [0.15, 0.2) is 54.9 Å². The Kier molecular flexibility index (Phi) is 3.81. The van der Waals surface area contributed by atoms with Crippen molar-refractivity contribution < 1.29 is 14.8 Å². The van der Waals surface area contributed by atoms with Crippen molar-refractivity contribution >= 4 is 22.7 Å². The lowest BCUT2D eigenvalue weighted by atomic mass is 10.0. The minimum atomic E-state index is -1.12. The predicted molar refractivity (Wildman–Crippen MR) is 96.2 cm³/mol. The number of benzene rings is 1. The third-order valence-corrected chi connectivity index (χ3v) is 4.10. The fraction of sp³-hybridized carbons (Fsp3) is 0. The maximum absolute atomic E-state index is 11.9. The molecule has 3 aromatic heterocycles. The molecule has 0 saturated carbocycles. The van der Waals surface area contributed by atoms with E-state index in [0.29, 0.717) is 27.9 Å². The number of aromatic carboxylic acids is 1. The molecule has 0 bridgehead atoms. The van der Waals surface area contributed by atoms with Gasteiger partial charge in [0, 0.05) is 35.7 Å². The number of H-pyrrole nitrogens is 1. The normalized spacial score (nSPS) is 10.8. The highest BCUT2D eigenvalue weighted by Crippen LogP contribution is 2.32. The van der Waals surface area contributed by atoms with E-state index in [1.54, 1.807) is 24.5 Å². The molecule has 0 spiro atoms. The summed E-state index contributed by atoms with van der Waals surface area (Å²) < 4.78 is 0. The van der Waals surface area contributed by atoms with Gasteiger partial charge in [0.1, 0.15) is 0 Å². The molecule has 132 valence electrons. The summed E-state index contributed by atoms with van der Waals surface area (Å²) in [6.07, 6.45) is 3.18. The minimum Gasteiger partial charge on any atom is -0.478 e. The molecule has 0 atom stereocenters. The summed E-state index contributed by atoms with van der Waals surface area (Å²) in [4.78, 5) is 30.6. The zero-order valence-corrected chi connectivity index (χ0v) is 13.7. The Balaban J connectivity index is 1.91. The number of carbonyl (C=O) groups is 1. The van der Waals surface area contributed by atoms with Gasteiger partial charge in [-0.15, -0.1) is 0 Å². The Morgan fingerprint density at radius 1 is 1.07 bits per heavy atom. The van der Waals surface area contributed by atoms with Crippen molar-refractivity contribution in [1.29, 1.82) is 0 Å². The van der Waals surface area contributed by atoms with E-state index in [1.807, 2.05) is 0 Å². The second-order valence-corrected chi connectivity index (χ2v) is 5.70. The van der Waals surface area contributed by atoms with E-state index in [4.69, 9.17) is 0 Å². The van der Waals surface area contributed by atoms with E-state index >= 15 is 0 Å². The quantitative estimate of drug-likeness (QED) is 0.420. The second kappa shape index (κ2) is 6.30. The maximum atomic E-state index is 11.9. The molecule has 4 rings (SSSR count). The summed E-state index contributed by atoms with van der Waals surface area (Å²) in [5.41, 5.74) is 2.41. The molecule has 0 aliphatic heterocycles. The number of nitrogens with zero attached hydrogens (tertiary/aromatic N) is 4. The Morgan fingerprint density at radius 2 is 1.78 bits per heavy atom. The first-order valence-electron chi connectivity index (χ1n) is 7.82. The van der Waals surface area contributed by atoms with Crippen LogP contribution in [0.4, 0.5) is 5.69 Å². The zero-order valence-electron chi connectivity index (χ0n) is 13.7. The van der Waals surface area contributed by atoms with Crippen molar-refractivity contribution in [2.45, 2.75) is 0 Å². The van der Waals surface area contributed by atoms with Crippen molar-refractivity contribution in [3.63, 3.8) is 0 Å². The van der Waals surface area contributed by atoms with Crippen molar-refractivity contribution in [3.05, 3.63) is 70.5 Å². The Morgan fingerprint density at radius 3 is 2.41 bits per heavy atom. The number of aromatic nitrogens is 4. The molecule has 0 fully saturated rings. The molecule has 0 amide bonds. The summed E-state index contributed by atoms with van der Waals surface area (Å²) in [5, 5.41) is 27.8. The number of hydrogen-bond acceptors (Lipinski definition) is 6. The summed E-state index contributed by atoms with van der Waals surface area (Å²) in [7, 11) is 0. The number of pyridine rings is 2. The monoisotopic (exact) mass is 361 g/mol. The van der Waals surface area contributed by atoms with Gasteiger partial charge in [0.2, 0.25) is 0 Å². The fourth-order valence-corrected chi connectivity index (χ4v) is 2.82. The van der Waals surface area contributed by atoms with Gasteiger partial charge in [0.25, 0.3) is 5.69 Å². The van der Waals surface area contributed by atoms with E-state index in [0.717, 1.165) is 0 Å². The molecule has 0 radical (unpaired) electrons. The van der Waals surface area contributed by atoms with Crippen LogP contribution in [0.3, 0.4) is 0 Å². The third kappa shape index (κ3) is 2.86. The van der Waals surface area contributed by atoms with Crippen LogP contribution in [0.2, 0.25) is 0 Å². The first-order valence-corrected chi connectivity index (χ1v) is 7.82. The van der Waals surface area contributed by atoms with Crippen molar-refractivity contribution in [1.82, 2.24) is 20.2 Å². The molecular weight excluding hydrogens is 350 g/mol. The van der Waals surface area contributed by atoms with Crippen molar-refractivity contribution in [2.75, 3.05) is 0 Å². The smallest absolute Gasteiger partial charge is 0.336 e. The number of non-ortho nitro benzene ring substituents is 1. The number of rotatable bonds is 4. The highest BCUT2D eigenvalue weighted by atomic mass is 16.6. The third-order valence-electron chi connectivity index (χ3n) is 4.10. The van der Waals surface area contributed by atoms with E-state index in [9.17, 15) is 20.0 Å². The van der Waals surface area contributed by atoms with Crippen LogP contribution in [0.1, 0.15) is 10.4 Å². The standard InChI is InChI=1S/C18H11N5O4/c24-18(25)13-9-14(10-5-7-19-8-6-10)20-17-15(13)16(21-22-17)11-1-3-12(4-2-11)23(26)27/h1-9H,(H,24,25)(H,20,21,22). The van der Waals surface area contributed by atoms with Crippen LogP contribution in [-0.4, -0.2) is 36.2 Å². The van der Waals surface area contributed by atoms with Gasteiger partial charge < -0.3 is 5.11 Å². The molecule has 4 aromatic rings. The molecular formula is C18H11N5O4. The number of fused-ring (bicyclic) bond motifs is 1. The number of aromatic amines is 1. The highest BCUT2D eigenvalue weighted by molar-refractivity contribution is 6.08. The van der Waals surface area contributed by atoms with Gasteiger partial charge in [0.05, 0.1) is 27.3 Å². The molecule has 9 heteroatoms. The van der Waals surface area contributed by atoms with Crippen LogP contribution in [0.5, 0.6) is 0 Å². The summed E-state index contributed by atoms with van der Waals surface area (Å²) in [5.74, 6) is -1.12. The molecule has 0 saturated heterocycles. The van der Waals surface area contributed by atoms with Gasteiger partial charge in [0.15, 0.2) is 5.65 Å². The van der Waals surface area contributed by atoms with Gasteiger partial charge in [-0.2, -0.15) is 5.10 Å². The molecule has 9 nitrogen and oxygen atoms in total. The predicted octanol–water partition coefficient (Wildman–Crippen LogP) is 3.29. The van der Waals surface area contributed by atoms with Gasteiger partial charge in [-0.3, -0.25) is 20.2 Å². The Hall–Kier alpha value is -4.14. The topological polar surface area (TPSA) is 135 Å². The molecule has 1 aromatic carbocycles. The first kappa shape index (κ1) is 16.3. The lowest BCUT2D eigenvalue weighted by Crippen LogP contribution is -2.00. The van der Waals surface area contributed by atoms with Crippen LogP contribution in [0.25, 0.3) is 33.5 Å².